The molecule has 3 rings (SSSR count). The lowest BCUT2D eigenvalue weighted by Gasteiger charge is -2.30. The molecule has 0 saturated heterocycles. The highest BCUT2D eigenvalue weighted by molar-refractivity contribution is 7.13. The van der Waals surface area contributed by atoms with Gasteiger partial charge in [-0.3, -0.25) is 0 Å². The van der Waals surface area contributed by atoms with Crippen molar-refractivity contribution in [2.45, 2.75) is 77.9 Å². The Labute approximate surface area is 235 Å². The Kier molecular flexibility index (Phi) is 10.5. The summed E-state index contributed by atoms with van der Waals surface area (Å²) in [4.78, 5) is 29.9. The van der Waals surface area contributed by atoms with Gasteiger partial charge in [-0.15, -0.1) is 11.3 Å². The normalized spacial score (nSPS) is 12.9. The summed E-state index contributed by atoms with van der Waals surface area (Å²) in [5.41, 5.74) is 1.21. The number of thiazole rings is 1. The van der Waals surface area contributed by atoms with Crippen molar-refractivity contribution in [1.82, 2.24) is 10.3 Å². The number of aromatic nitrogens is 1. The van der Waals surface area contributed by atoms with Crippen LogP contribution in [0.25, 0.3) is 21.8 Å². The van der Waals surface area contributed by atoms with Crippen LogP contribution in [0, 0.1) is 0 Å². The molecule has 0 saturated carbocycles. The van der Waals surface area contributed by atoms with Gasteiger partial charge in [-0.25, -0.2) is 14.6 Å². The van der Waals surface area contributed by atoms with Gasteiger partial charge in [0, 0.05) is 16.5 Å². The quantitative estimate of drug-likeness (QED) is 0.183. The number of hydrogen-bond acceptors (Lipinski definition) is 7. The van der Waals surface area contributed by atoms with E-state index in [9.17, 15) is 9.59 Å². The molecule has 2 aromatic carbocycles. The number of esters is 1. The van der Waals surface area contributed by atoms with Crippen LogP contribution in [0.5, 0.6) is 5.75 Å². The van der Waals surface area contributed by atoms with Gasteiger partial charge in [0.2, 0.25) is 0 Å². The third-order valence-corrected chi connectivity index (χ3v) is 7.12. The molecule has 0 aliphatic carbocycles. The van der Waals surface area contributed by atoms with Crippen molar-refractivity contribution in [3.63, 3.8) is 0 Å². The van der Waals surface area contributed by atoms with Crippen molar-refractivity contribution in [2.24, 2.45) is 0 Å². The molecule has 1 heterocycles. The average molecular weight is 553 g/mol. The van der Waals surface area contributed by atoms with E-state index in [0.717, 1.165) is 40.6 Å². The molecular weight excluding hydrogens is 512 g/mol. The van der Waals surface area contributed by atoms with Gasteiger partial charge < -0.3 is 19.5 Å². The molecule has 1 atom stereocenters. The van der Waals surface area contributed by atoms with Crippen LogP contribution in [0.3, 0.4) is 0 Å². The predicted molar refractivity (Wildman–Crippen MR) is 156 cm³/mol. The number of nitrogens with zero attached hydrogens (tertiary/aromatic N) is 1. The lowest BCUT2D eigenvalue weighted by molar-refractivity contribution is -0.148. The summed E-state index contributed by atoms with van der Waals surface area (Å²) in [6, 6.07) is 15.4. The molecule has 210 valence electrons. The van der Waals surface area contributed by atoms with Crippen molar-refractivity contribution in [1.29, 1.82) is 0 Å². The zero-order valence-corrected chi connectivity index (χ0v) is 24.7. The summed E-state index contributed by atoms with van der Waals surface area (Å²) >= 11 is 1.56. The van der Waals surface area contributed by atoms with Crippen LogP contribution in [-0.4, -0.2) is 36.4 Å². The Morgan fingerprint density at radius 2 is 1.54 bits per heavy atom. The minimum absolute atomic E-state index is 0.570. The molecule has 1 aromatic heterocycles. The van der Waals surface area contributed by atoms with Gasteiger partial charge in [0.1, 0.15) is 16.4 Å². The second-order valence-corrected chi connectivity index (χ2v) is 11.5. The van der Waals surface area contributed by atoms with E-state index in [1.807, 2.05) is 41.8 Å². The zero-order valence-electron chi connectivity index (χ0n) is 23.8. The first-order chi connectivity index (χ1) is 18.6. The van der Waals surface area contributed by atoms with Gasteiger partial charge >= 0.3 is 12.1 Å². The Bertz CT molecular complexity index is 1220. The lowest BCUT2D eigenvalue weighted by Crippen LogP contribution is -2.51. The Hall–Kier alpha value is -3.39. The highest BCUT2D eigenvalue weighted by Gasteiger charge is 2.39. The number of alkyl carbamates (subject to hydrolysis) is 1. The summed E-state index contributed by atoms with van der Waals surface area (Å²) in [7, 11) is 1.29. The molecule has 8 heteroatoms. The van der Waals surface area contributed by atoms with Crippen molar-refractivity contribution in [3.05, 3.63) is 59.5 Å². The highest BCUT2D eigenvalue weighted by atomic mass is 32.1. The van der Waals surface area contributed by atoms with Crippen LogP contribution in [0.2, 0.25) is 0 Å². The molecule has 0 aliphatic rings. The first-order valence-corrected chi connectivity index (χ1v) is 14.3. The Balaban J connectivity index is 1.68. The van der Waals surface area contributed by atoms with E-state index in [0.29, 0.717) is 5.56 Å². The fraction of sp³-hybridized carbons (Fsp3) is 0.452. The maximum absolute atomic E-state index is 12.7. The predicted octanol–water partition coefficient (Wildman–Crippen LogP) is 7.74. The van der Waals surface area contributed by atoms with Gasteiger partial charge in [0.25, 0.3) is 0 Å². The molecule has 0 bridgehead atoms. The molecule has 39 heavy (non-hydrogen) atoms. The first kappa shape index (κ1) is 30.2. The van der Waals surface area contributed by atoms with Crippen molar-refractivity contribution in [3.8, 4) is 27.6 Å². The smallest absolute Gasteiger partial charge is 0.408 e. The summed E-state index contributed by atoms with van der Waals surface area (Å²) < 4.78 is 16.2. The second-order valence-electron chi connectivity index (χ2n) is 10.6. The van der Waals surface area contributed by atoms with Crippen LogP contribution < -0.4 is 10.1 Å². The highest BCUT2D eigenvalue weighted by Crippen LogP contribution is 2.32. The molecule has 1 N–H and O–H groups in total. The van der Waals surface area contributed by atoms with Crippen LogP contribution in [0.15, 0.2) is 53.9 Å². The number of benzene rings is 2. The summed E-state index contributed by atoms with van der Waals surface area (Å²) in [6.07, 6.45) is 5.37. The number of ether oxygens (including phenoxy) is 3. The maximum atomic E-state index is 12.7. The van der Waals surface area contributed by atoms with Crippen LogP contribution in [0.1, 0.15) is 72.3 Å². The van der Waals surface area contributed by atoms with E-state index in [1.54, 1.807) is 51.2 Å². The van der Waals surface area contributed by atoms with Gasteiger partial charge in [0.05, 0.1) is 19.4 Å². The third kappa shape index (κ3) is 8.55. The number of hydrogen-bond donors (Lipinski definition) is 1. The molecule has 1 amide bonds. The summed E-state index contributed by atoms with van der Waals surface area (Å²) in [5.74, 6) is 0.274. The van der Waals surface area contributed by atoms with E-state index in [2.05, 4.69) is 12.2 Å². The van der Waals surface area contributed by atoms with Gasteiger partial charge in [-0.1, -0.05) is 56.9 Å². The average Bonchev–Trinajstić information content (AvgIpc) is 3.40. The molecule has 0 aliphatic heterocycles. The second kappa shape index (κ2) is 13.6. The summed E-state index contributed by atoms with van der Waals surface area (Å²) in [5, 5.41) is 5.58. The van der Waals surface area contributed by atoms with Crippen molar-refractivity contribution < 1.29 is 23.8 Å². The standard InChI is InChI=1S/C31H40N2O5S/c1-7-8-9-10-11-20-37-25-18-14-23(15-19-25)27-32-26(21-39-27)22-12-16-24(17-13-22)31(5,28(34)36-6)33-29(35)38-30(2,3)4/h12-19,21H,7-11,20H2,1-6H3,(H,33,35)/t31-/m0/s1. The van der Waals surface area contributed by atoms with Crippen LogP contribution >= 0.6 is 11.3 Å². The van der Waals surface area contributed by atoms with E-state index in [1.165, 1.54) is 32.8 Å². The molecule has 3 aromatic rings. The Morgan fingerprint density at radius 3 is 2.15 bits per heavy atom. The topological polar surface area (TPSA) is 86.8 Å². The number of amides is 1. The molecular formula is C31H40N2O5S. The maximum Gasteiger partial charge on any atom is 0.408 e. The number of rotatable bonds is 12. The third-order valence-electron chi connectivity index (χ3n) is 6.22. The minimum Gasteiger partial charge on any atom is -0.494 e. The number of carbonyl (C=O) groups is 2. The van der Waals surface area contributed by atoms with Crippen molar-refractivity contribution >= 4 is 23.4 Å². The van der Waals surface area contributed by atoms with E-state index in [4.69, 9.17) is 19.2 Å². The van der Waals surface area contributed by atoms with Gasteiger partial charge in [0.15, 0.2) is 5.54 Å². The van der Waals surface area contributed by atoms with Crippen molar-refractivity contribution in [2.75, 3.05) is 13.7 Å². The van der Waals surface area contributed by atoms with Gasteiger partial charge in [-0.2, -0.15) is 0 Å². The summed E-state index contributed by atoms with van der Waals surface area (Å²) in [6.45, 7) is 9.84. The number of methoxy groups -OCH3 is 1. The SMILES string of the molecule is CCCCCCCOc1ccc(-c2nc(-c3ccc([C@](C)(NC(=O)OC(C)(C)C)C(=O)OC)cc3)cs2)cc1. The fourth-order valence-electron chi connectivity index (χ4n) is 4.06. The van der Waals surface area contributed by atoms with E-state index in [-0.39, 0.29) is 0 Å². The molecule has 0 fully saturated rings. The molecule has 0 radical (unpaired) electrons. The number of carbonyl (C=O) groups excluding carboxylic acids is 2. The largest absolute Gasteiger partial charge is 0.494 e. The van der Waals surface area contributed by atoms with E-state index < -0.39 is 23.2 Å². The van der Waals surface area contributed by atoms with Crippen LogP contribution in [0.4, 0.5) is 4.79 Å². The molecule has 7 nitrogen and oxygen atoms in total. The monoisotopic (exact) mass is 552 g/mol. The number of nitrogens with one attached hydrogen (secondary N) is 1. The van der Waals surface area contributed by atoms with Gasteiger partial charge in [-0.05, 0) is 63.9 Å². The minimum atomic E-state index is -1.41. The zero-order chi connectivity index (χ0) is 28.5. The number of unbranched alkanes of at least 4 members (excludes halogenated alkanes) is 4. The van der Waals surface area contributed by atoms with E-state index >= 15 is 0 Å². The van der Waals surface area contributed by atoms with Crippen LogP contribution in [-0.2, 0) is 19.8 Å². The molecule has 0 spiro atoms. The Morgan fingerprint density at radius 1 is 0.897 bits per heavy atom. The fourth-order valence-corrected chi connectivity index (χ4v) is 4.89. The lowest BCUT2D eigenvalue weighted by atomic mass is 9.91. The first-order valence-electron chi connectivity index (χ1n) is 13.4. The molecule has 0 unspecified atom stereocenters.